The number of nitrogens with zero attached hydrogens (tertiary/aromatic N) is 1. The Morgan fingerprint density at radius 2 is 1.84 bits per heavy atom. The summed E-state index contributed by atoms with van der Waals surface area (Å²) < 4.78 is 28.5. The van der Waals surface area contributed by atoms with Crippen LogP contribution in [0.5, 0.6) is 0 Å². The number of hydrogen-bond donors (Lipinski definition) is 0. The van der Waals surface area contributed by atoms with Crippen LogP contribution in [0, 0.1) is 12.8 Å². The van der Waals surface area contributed by atoms with Gasteiger partial charge >= 0.3 is 0 Å². The van der Waals surface area contributed by atoms with Crippen LogP contribution in [0.2, 0.25) is 0 Å². The van der Waals surface area contributed by atoms with Crippen LogP contribution in [-0.4, -0.2) is 25.3 Å². The van der Waals surface area contributed by atoms with Gasteiger partial charge in [0.05, 0.1) is 4.90 Å². The molecule has 6 heteroatoms. The summed E-state index contributed by atoms with van der Waals surface area (Å²) in [6.07, 6.45) is 0.921. The lowest BCUT2D eigenvalue weighted by Gasteiger charge is -2.22. The first-order valence-corrected chi connectivity index (χ1v) is 9.23. The summed E-state index contributed by atoms with van der Waals surface area (Å²) in [6.45, 7) is 6.59. The van der Waals surface area contributed by atoms with Crippen molar-refractivity contribution in [1.82, 2.24) is 4.31 Å². The van der Waals surface area contributed by atoms with Crippen LogP contribution in [0.25, 0.3) is 0 Å². The maximum atomic E-state index is 12.7. The van der Waals surface area contributed by atoms with E-state index in [1.165, 1.54) is 0 Å². The van der Waals surface area contributed by atoms with Gasteiger partial charge in [-0.05, 0) is 59.8 Å². The highest BCUT2D eigenvalue weighted by atomic mass is 79.9. The third-order valence-electron chi connectivity index (χ3n) is 3.53. The van der Waals surface area contributed by atoms with Gasteiger partial charge < -0.3 is 0 Å². The fourth-order valence-electron chi connectivity index (χ4n) is 2.55. The lowest BCUT2D eigenvalue weighted by molar-refractivity contribution is 0.405. The van der Waals surface area contributed by atoms with Gasteiger partial charge in [-0.1, -0.05) is 22.9 Å². The minimum atomic E-state index is -3.43. The molecule has 3 nitrogen and oxygen atoms in total. The highest BCUT2D eigenvalue weighted by Gasteiger charge is 2.37. The predicted octanol–water partition coefficient (Wildman–Crippen LogP) is 3.94. The molecule has 2 atom stereocenters. The smallest absolute Gasteiger partial charge is 0.207 e. The highest BCUT2D eigenvalue weighted by Crippen LogP contribution is 2.34. The topological polar surface area (TPSA) is 37.4 Å². The molecule has 106 valence electrons. The van der Waals surface area contributed by atoms with Crippen LogP contribution in [0.4, 0.5) is 0 Å². The van der Waals surface area contributed by atoms with Crippen molar-refractivity contribution < 1.29 is 8.42 Å². The second-order valence-electron chi connectivity index (χ2n) is 5.30. The summed E-state index contributed by atoms with van der Waals surface area (Å²) >= 11 is 6.78. The number of hydrogen-bond acceptors (Lipinski definition) is 2. The van der Waals surface area contributed by atoms with E-state index in [1.54, 1.807) is 10.4 Å². The van der Waals surface area contributed by atoms with Crippen LogP contribution in [0.15, 0.2) is 26.0 Å². The van der Waals surface area contributed by atoms with Gasteiger partial charge in [0.1, 0.15) is 0 Å². The number of sulfonamides is 1. The van der Waals surface area contributed by atoms with E-state index in [-0.39, 0.29) is 6.04 Å². The summed E-state index contributed by atoms with van der Waals surface area (Å²) in [5.74, 6) is 0.414. The largest absolute Gasteiger partial charge is 0.244 e. The van der Waals surface area contributed by atoms with Gasteiger partial charge in [-0.2, -0.15) is 4.31 Å². The van der Waals surface area contributed by atoms with Crippen LogP contribution in [-0.2, 0) is 10.0 Å². The monoisotopic (exact) mass is 409 g/mol. The molecule has 0 N–H and O–H groups in total. The van der Waals surface area contributed by atoms with Gasteiger partial charge in [0, 0.05) is 21.5 Å². The summed E-state index contributed by atoms with van der Waals surface area (Å²) in [6, 6.07) is 3.58. The number of benzene rings is 1. The van der Waals surface area contributed by atoms with Gasteiger partial charge in [0.2, 0.25) is 10.0 Å². The van der Waals surface area contributed by atoms with Crippen molar-refractivity contribution in [1.29, 1.82) is 0 Å². The minimum absolute atomic E-state index is 0.0620. The standard InChI is InChI=1S/C13H17Br2NO2S/c1-8-4-10(3)16(7-8)19(17,18)13-6-11(14)9(2)5-12(13)15/h5-6,8,10H,4,7H2,1-3H3. The van der Waals surface area contributed by atoms with Crippen molar-refractivity contribution in [2.24, 2.45) is 5.92 Å². The van der Waals surface area contributed by atoms with E-state index >= 15 is 0 Å². The zero-order valence-electron chi connectivity index (χ0n) is 11.2. The Balaban J connectivity index is 2.49. The Kier molecular flexibility index (Phi) is 4.45. The number of aryl methyl sites for hydroxylation is 1. The van der Waals surface area contributed by atoms with E-state index in [4.69, 9.17) is 0 Å². The molecule has 1 aromatic rings. The van der Waals surface area contributed by atoms with Gasteiger partial charge in [0.25, 0.3) is 0 Å². The Morgan fingerprint density at radius 3 is 2.37 bits per heavy atom. The molecule has 0 saturated carbocycles. The average molecular weight is 411 g/mol. The van der Waals surface area contributed by atoms with Gasteiger partial charge in [-0.3, -0.25) is 0 Å². The summed E-state index contributed by atoms with van der Waals surface area (Å²) in [4.78, 5) is 0.339. The Morgan fingerprint density at radius 1 is 1.21 bits per heavy atom. The fraction of sp³-hybridized carbons (Fsp3) is 0.538. The van der Waals surface area contributed by atoms with Crippen LogP contribution in [0.1, 0.15) is 25.8 Å². The van der Waals surface area contributed by atoms with Crippen molar-refractivity contribution >= 4 is 41.9 Å². The van der Waals surface area contributed by atoms with E-state index in [9.17, 15) is 8.42 Å². The summed E-state index contributed by atoms with van der Waals surface area (Å²) in [5.41, 5.74) is 1.01. The van der Waals surface area contributed by atoms with Gasteiger partial charge in [-0.25, -0.2) is 8.42 Å². The molecule has 0 bridgehead atoms. The molecule has 0 aromatic heterocycles. The molecule has 1 aliphatic rings. The molecule has 1 aromatic carbocycles. The summed E-state index contributed by atoms with van der Waals surface area (Å²) in [5, 5.41) is 0. The Bertz CT molecular complexity index is 601. The van der Waals surface area contributed by atoms with E-state index in [0.29, 0.717) is 21.8 Å². The molecule has 0 spiro atoms. The number of rotatable bonds is 2. The highest BCUT2D eigenvalue weighted by molar-refractivity contribution is 9.11. The van der Waals surface area contributed by atoms with Crippen molar-refractivity contribution in [3.05, 3.63) is 26.6 Å². The molecule has 1 heterocycles. The molecule has 0 amide bonds. The average Bonchev–Trinajstić information content (AvgIpc) is 2.63. The molecular weight excluding hydrogens is 394 g/mol. The van der Waals surface area contributed by atoms with Crippen molar-refractivity contribution in [3.63, 3.8) is 0 Å². The first kappa shape index (κ1) is 15.5. The molecule has 2 unspecified atom stereocenters. The molecular formula is C13H17Br2NO2S. The molecule has 2 rings (SSSR count). The van der Waals surface area contributed by atoms with Crippen molar-refractivity contribution in [2.75, 3.05) is 6.54 Å². The molecule has 1 saturated heterocycles. The zero-order chi connectivity index (χ0) is 14.4. The van der Waals surface area contributed by atoms with Crippen molar-refractivity contribution in [2.45, 2.75) is 38.1 Å². The van der Waals surface area contributed by atoms with Crippen LogP contribution in [0.3, 0.4) is 0 Å². The molecule has 0 radical (unpaired) electrons. The summed E-state index contributed by atoms with van der Waals surface area (Å²) in [7, 11) is -3.43. The minimum Gasteiger partial charge on any atom is -0.207 e. The molecule has 0 aliphatic carbocycles. The van der Waals surface area contributed by atoms with Crippen LogP contribution >= 0.6 is 31.9 Å². The molecule has 19 heavy (non-hydrogen) atoms. The van der Waals surface area contributed by atoms with E-state index < -0.39 is 10.0 Å². The van der Waals surface area contributed by atoms with E-state index in [2.05, 4.69) is 38.8 Å². The first-order chi connectivity index (χ1) is 8.73. The maximum Gasteiger partial charge on any atom is 0.244 e. The van der Waals surface area contributed by atoms with Gasteiger partial charge in [-0.15, -0.1) is 0 Å². The van der Waals surface area contributed by atoms with E-state index in [1.807, 2.05) is 19.9 Å². The Hall–Kier alpha value is 0.0900. The SMILES string of the molecule is Cc1cc(Br)c(S(=O)(=O)N2CC(C)CC2C)cc1Br. The molecule has 1 fully saturated rings. The zero-order valence-corrected chi connectivity index (χ0v) is 15.1. The van der Waals surface area contributed by atoms with Crippen LogP contribution < -0.4 is 0 Å². The second-order valence-corrected chi connectivity index (χ2v) is 8.86. The second kappa shape index (κ2) is 5.47. The maximum absolute atomic E-state index is 12.7. The predicted molar refractivity (Wildman–Crippen MR) is 83.7 cm³/mol. The lowest BCUT2D eigenvalue weighted by atomic mass is 10.1. The molecule has 1 aliphatic heterocycles. The number of halogens is 2. The van der Waals surface area contributed by atoms with E-state index in [0.717, 1.165) is 16.5 Å². The normalized spacial score (nSPS) is 24.9. The quantitative estimate of drug-likeness (QED) is 0.740. The third kappa shape index (κ3) is 2.91. The Labute approximate surface area is 131 Å². The van der Waals surface area contributed by atoms with Crippen molar-refractivity contribution in [3.8, 4) is 0 Å². The van der Waals surface area contributed by atoms with Gasteiger partial charge in [0.15, 0.2) is 0 Å². The third-order valence-corrected chi connectivity index (χ3v) is 7.32. The lowest BCUT2D eigenvalue weighted by Crippen LogP contribution is -2.34. The fourth-order valence-corrected chi connectivity index (χ4v) is 5.95. The first-order valence-electron chi connectivity index (χ1n) is 6.21.